The molecule has 2 heteroatoms. The van der Waals surface area contributed by atoms with E-state index in [1.54, 1.807) is 0 Å². The van der Waals surface area contributed by atoms with Gasteiger partial charge in [-0.05, 0) is 57.1 Å². The lowest BCUT2D eigenvalue weighted by molar-refractivity contribution is 0.588. The van der Waals surface area contributed by atoms with Crippen LogP contribution in [0.5, 0.6) is 0 Å². The van der Waals surface area contributed by atoms with Crippen molar-refractivity contribution in [1.82, 2.24) is 10.6 Å². The highest BCUT2D eigenvalue weighted by atomic mass is 14.9. The standard InChI is InChI=1S/C14H24N2/c1-10-6-12(3)14(7-11(10)2)13(8-15-4)9-16-5/h6-7,13,15-16H,8-9H2,1-5H3. The fraction of sp³-hybridized carbons (Fsp3) is 0.571. The molecule has 0 aliphatic rings. The third-order valence-corrected chi connectivity index (χ3v) is 3.22. The van der Waals surface area contributed by atoms with Crippen molar-refractivity contribution in [3.05, 3.63) is 34.4 Å². The zero-order valence-electron chi connectivity index (χ0n) is 11.1. The van der Waals surface area contributed by atoms with Gasteiger partial charge in [0.15, 0.2) is 0 Å². The number of hydrogen-bond acceptors (Lipinski definition) is 2. The maximum Gasteiger partial charge on any atom is 0.00910 e. The molecule has 2 N–H and O–H groups in total. The quantitative estimate of drug-likeness (QED) is 0.794. The topological polar surface area (TPSA) is 24.1 Å². The van der Waals surface area contributed by atoms with Gasteiger partial charge in [0.05, 0.1) is 0 Å². The summed E-state index contributed by atoms with van der Waals surface area (Å²) in [6.45, 7) is 8.61. The first-order chi connectivity index (χ1) is 7.60. The normalized spacial score (nSPS) is 11.1. The summed E-state index contributed by atoms with van der Waals surface area (Å²) >= 11 is 0. The predicted octanol–water partition coefficient (Wildman–Crippen LogP) is 2.13. The van der Waals surface area contributed by atoms with Gasteiger partial charge in [-0.2, -0.15) is 0 Å². The lowest BCUT2D eigenvalue weighted by atomic mass is 9.91. The first kappa shape index (κ1) is 13.2. The van der Waals surface area contributed by atoms with Crippen LogP contribution < -0.4 is 10.6 Å². The highest BCUT2D eigenvalue weighted by Gasteiger charge is 2.13. The highest BCUT2D eigenvalue weighted by Crippen LogP contribution is 2.22. The van der Waals surface area contributed by atoms with E-state index in [1.165, 1.54) is 22.3 Å². The zero-order valence-corrected chi connectivity index (χ0v) is 11.1. The van der Waals surface area contributed by atoms with E-state index in [9.17, 15) is 0 Å². The molecule has 1 aromatic rings. The molecule has 0 unspecified atom stereocenters. The fourth-order valence-corrected chi connectivity index (χ4v) is 2.21. The van der Waals surface area contributed by atoms with Crippen molar-refractivity contribution in [2.24, 2.45) is 0 Å². The number of hydrogen-bond donors (Lipinski definition) is 2. The number of nitrogens with one attached hydrogen (secondary N) is 2. The van der Waals surface area contributed by atoms with Gasteiger partial charge in [-0.1, -0.05) is 12.1 Å². The van der Waals surface area contributed by atoms with Crippen LogP contribution in [0.25, 0.3) is 0 Å². The van der Waals surface area contributed by atoms with Crippen LogP contribution in [-0.4, -0.2) is 27.2 Å². The van der Waals surface area contributed by atoms with E-state index in [2.05, 4.69) is 43.5 Å². The molecule has 0 aliphatic carbocycles. The van der Waals surface area contributed by atoms with Gasteiger partial charge in [-0.3, -0.25) is 0 Å². The van der Waals surface area contributed by atoms with Crippen molar-refractivity contribution < 1.29 is 0 Å². The van der Waals surface area contributed by atoms with Crippen molar-refractivity contribution in [2.75, 3.05) is 27.2 Å². The smallest absolute Gasteiger partial charge is 0.00910 e. The first-order valence-corrected chi connectivity index (χ1v) is 5.97. The number of likely N-dealkylation sites (N-methyl/N-ethyl adjacent to an activating group) is 2. The van der Waals surface area contributed by atoms with E-state index in [0.717, 1.165) is 13.1 Å². The van der Waals surface area contributed by atoms with Gasteiger partial charge in [-0.15, -0.1) is 0 Å². The van der Waals surface area contributed by atoms with E-state index >= 15 is 0 Å². The van der Waals surface area contributed by atoms with Gasteiger partial charge >= 0.3 is 0 Å². The zero-order chi connectivity index (χ0) is 12.1. The molecule has 0 spiro atoms. The van der Waals surface area contributed by atoms with Crippen LogP contribution in [0.1, 0.15) is 28.2 Å². The van der Waals surface area contributed by atoms with Crippen molar-refractivity contribution >= 4 is 0 Å². The highest BCUT2D eigenvalue weighted by molar-refractivity contribution is 5.38. The summed E-state index contributed by atoms with van der Waals surface area (Å²) in [5.74, 6) is 0.550. The molecule has 0 amide bonds. The Morgan fingerprint density at radius 2 is 1.38 bits per heavy atom. The Labute approximate surface area is 99.5 Å². The van der Waals surface area contributed by atoms with Crippen molar-refractivity contribution in [3.63, 3.8) is 0 Å². The van der Waals surface area contributed by atoms with Crippen molar-refractivity contribution in [2.45, 2.75) is 26.7 Å². The fourth-order valence-electron chi connectivity index (χ4n) is 2.21. The average molecular weight is 220 g/mol. The van der Waals surface area contributed by atoms with Gasteiger partial charge < -0.3 is 10.6 Å². The summed E-state index contributed by atoms with van der Waals surface area (Å²) in [7, 11) is 4.03. The number of benzene rings is 1. The molecule has 16 heavy (non-hydrogen) atoms. The molecule has 90 valence electrons. The second-order valence-corrected chi connectivity index (χ2v) is 4.61. The van der Waals surface area contributed by atoms with Crippen molar-refractivity contribution in [3.8, 4) is 0 Å². The number of aryl methyl sites for hydroxylation is 3. The lowest BCUT2D eigenvalue weighted by Gasteiger charge is -2.20. The van der Waals surface area contributed by atoms with E-state index in [4.69, 9.17) is 0 Å². The lowest BCUT2D eigenvalue weighted by Crippen LogP contribution is -2.26. The molecular formula is C14H24N2. The molecule has 0 aromatic heterocycles. The summed E-state index contributed by atoms with van der Waals surface area (Å²) in [6, 6.07) is 4.63. The van der Waals surface area contributed by atoms with Crippen molar-refractivity contribution in [1.29, 1.82) is 0 Å². The molecule has 0 saturated carbocycles. The molecule has 0 radical (unpaired) electrons. The first-order valence-electron chi connectivity index (χ1n) is 5.97. The maximum atomic E-state index is 3.27. The second kappa shape index (κ2) is 6.02. The summed E-state index contributed by atoms with van der Waals surface area (Å²) in [4.78, 5) is 0. The van der Waals surface area contributed by atoms with Crippen LogP contribution in [0.4, 0.5) is 0 Å². The molecule has 1 rings (SSSR count). The second-order valence-electron chi connectivity index (χ2n) is 4.61. The predicted molar refractivity (Wildman–Crippen MR) is 71.2 cm³/mol. The van der Waals surface area contributed by atoms with E-state index in [1.807, 2.05) is 14.1 Å². The van der Waals surface area contributed by atoms with Crippen LogP contribution in [-0.2, 0) is 0 Å². The third kappa shape index (κ3) is 3.06. The Morgan fingerprint density at radius 1 is 0.875 bits per heavy atom. The molecule has 1 aromatic carbocycles. The Kier molecular flexibility index (Phi) is 4.97. The van der Waals surface area contributed by atoms with E-state index in [-0.39, 0.29) is 0 Å². The molecule has 0 atom stereocenters. The summed E-state index contributed by atoms with van der Waals surface area (Å²) in [5.41, 5.74) is 5.64. The Morgan fingerprint density at radius 3 is 1.88 bits per heavy atom. The molecule has 2 nitrogen and oxygen atoms in total. The molecule has 0 bridgehead atoms. The Bertz CT molecular complexity index is 339. The van der Waals surface area contributed by atoms with Crippen LogP contribution in [0.3, 0.4) is 0 Å². The minimum Gasteiger partial charge on any atom is -0.319 e. The van der Waals surface area contributed by atoms with E-state index in [0.29, 0.717) is 5.92 Å². The average Bonchev–Trinajstić information content (AvgIpc) is 2.23. The minimum atomic E-state index is 0.550. The molecule has 0 saturated heterocycles. The van der Waals surface area contributed by atoms with Crippen LogP contribution in [0.15, 0.2) is 12.1 Å². The van der Waals surface area contributed by atoms with Crippen LogP contribution in [0, 0.1) is 20.8 Å². The number of rotatable bonds is 5. The summed E-state index contributed by atoms with van der Waals surface area (Å²) in [6.07, 6.45) is 0. The molecule has 0 fully saturated rings. The minimum absolute atomic E-state index is 0.550. The van der Waals surface area contributed by atoms with Gasteiger partial charge in [0, 0.05) is 19.0 Å². The van der Waals surface area contributed by atoms with Crippen LogP contribution in [0.2, 0.25) is 0 Å². The maximum absolute atomic E-state index is 3.27. The molecule has 0 aliphatic heterocycles. The summed E-state index contributed by atoms with van der Waals surface area (Å²) in [5, 5.41) is 6.54. The molecule has 0 heterocycles. The van der Waals surface area contributed by atoms with Gasteiger partial charge in [-0.25, -0.2) is 0 Å². The SMILES string of the molecule is CNCC(CNC)c1cc(C)c(C)cc1C. The van der Waals surface area contributed by atoms with Crippen LogP contribution >= 0.6 is 0 Å². The van der Waals surface area contributed by atoms with Gasteiger partial charge in [0.2, 0.25) is 0 Å². The van der Waals surface area contributed by atoms with Gasteiger partial charge in [0.25, 0.3) is 0 Å². The largest absolute Gasteiger partial charge is 0.319 e. The Balaban J connectivity index is 3.03. The Hall–Kier alpha value is -0.860. The van der Waals surface area contributed by atoms with Gasteiger partial charge in [0.1, 0.15) is 0 Å². The monoisotopic (exact) mass is 220 g/mol. The molecular weight excluding hydrogens is 196 g/mol. The van der Waals surface area contributed by atoms with E-state index < -0.39 is 0 Å². The summed E-state index contributed by atoms with van der Waals surface area (Å²) < 4.78 is 0. The third-order valence-electron chi connectivity index (χ3n) is 3.22.